The highest BCUT2D eigenvalue weighted by atomic mass is 79.9. The second-order valence-electron chi connectivity index (χ2n) is 3.02. The molecule has 1 amide bonds. The van der Waals surface area contributed by atoms with Gasteiger partial charge in [-0.05, 0) is 12.1 Å². The van der Waals surface area contributed by atoms with Crippen LogP contribution in [0, 0.1) is 0 Å². The second-order valence-corrected chi connectivity index (χ2v) is 3.94. The van der Waals surface area contributed by atoms with Crippen LogP contribution in [0.25, 0.3) is 11.3 Å². The van der Waals surface area contributed by atoms with Crippen LogP contribution in [0.1, 0.15) is 10.6 Å². The van der Waals surface area contributed by atoms with Crippen molar-refractivity contribution in [2.45, 2.75) is 0 Å². The average Bonchev–Trinajstić information content (AvgIpc) is 2.66. The lowest BCUT2D eigenvalue weighted by Crippen LogP contribution is -2.12. The van der Waals surface area contributed by atoms with Crippen LogP contribution in [0.4, 0.5) is 0 Å². The Bertz CT molecular complexity index is 507. The molecule has 15 heavy (non-hydrogen) atoms. The van der Waals surface area contributed by atoms with Gasteiger partial charge in [-0.2, -0.15) is 0 Å². The van der Waals surface area contributed by atoms with E-state index in [0.717, 1.165) is 15.7 Å². The molecule has 0 unspecified atom stereocenters. The van der Waals surface area contributed by atoms with E-state index in [0.29, 0.717) is 0 Å². The molecule has 0 aliphatic rings. The number of carbonyl (C=O) groups is 1. The van der Waals surface area contributed by atoms with Gasteiger partial charge < -0.3 is 10.7 Å². The molecule has 0 saturated carbocycles. The third-order valence-corrected chi connectivity index (χ3v) is 2.44. The molecule has 5 heteroatoms. The molecular weight excluding hydrogens is 258 g/mol. The summed E-state index contributed by atoms with van der Waals surface area (Å²) >= 11 is 3.37. The number of nitrogens with one attached hydrogen (secondary N) is 1. The Morgan fingerprint density at radius 3 is 2.87 bits per heavy atom. The molecule has 0 aliphatic carbocycles. The third-order valence-electron chi connectivity index (χ3n) is 1.94. The molecule has 0 bridgehead atoms. The Labute approximate surface area is 94.7 Å². The zero-order valence-corrected chi connectivity index (χ0v) is 9.28. The number of benzene rings is 1. The second kappa shape index (κ2) is 3.86. The predicted molar refractivity (Wildman–Crippen MR) is 60.2 cm³/mol. The van der Waals surface area contributed by atoms with E-state index in [-0.39, 0.29) is 5.82 Å². The molecule has 1 aromatic heterocycles. The Hall–Kier alpha value is -1.62. The van der Waals surface area contributed by atoms with E-state index in [4.69, 9.17) is 5.73 Å². The molecule has 2 aromatic rings. The number of aromatic nitrogens is 2. The predicted octanol–water partition coefficient (Wildman–Crippen LogP) is 1.94. The van der Waals surface area contributed by atoms with Crippen molar-refractivity contribution in [1.29, 1.82) is 0 Å². The summed E-state index contributed by atoms with van der Waals surface area (Å²) in [5, 5.41) is 0. The van der Waals surface area contributed by atoms with Gasteiger partial charge in [0.1, 0.15) is 0 Å². The van der Waals surface area contributed by atoms with Crippen molar-refractivity contribution in [3.63, 3.8) is 0 Å². The van der Waals surface area contributed by atoms with Crippen molar-refractivity contribution in [2.75, 3.05) is 0 Å². The van der Waals surface area contributed by atoms with E-state index in [1.807, 2.05) is 24.3 Å². The minimum Gasteiger partial charge on any atom is -0.363 e. The van der Waals surface area contributed by atoms with Crippen molar-refractivity contribution >= 4 is 21.8 Å². The van der Waals surface area contributed by atoms with Crippen molar-refractivity contribution in [3.8, 4) is 11.3 Å². The first-order chi connectivity index (χ1) is 7.16. The first-order valence-corrected chi connectivity index (χ1v) is 5.07. The van der Waals surface area contributed by atoms with Crippen molar-refractivity contribution in [1.82, 2.24) is 9.97 Å². The quantitative estimate of drug-likeness (QED) is 0.871. The lowest BCUT2D eigenvalue weighted by atomic mass is 10.2. The van der Waals surface area contributed by atoms with E-state index < -0.39 is 5.91 Å². The highest BCUT2D eigenvalue weighted by Gasteiger charge is 2.07. The first kappa shape index (κ1) is 9.92. The van der Waals surface area contributed by atoms with E-state index >= 15 is 0 Å². The number of aromatic amines is 1. The molecule has 3 N–H and O–H groups in total. The fourth-order valence-corrected chi connectivity index (χ4v) is 1.65. The van der Waals surface area contributed by atoms with E-state index in [1.54, 1.807) is 6.20 Å². The van der Waals surface area contributed by atoms with Gasteiger partial charge in [0.2, 0.25) is 0 Å². The number of halogens is 1. The fourth-order valence-electron chi connectivity index (χ4n) is 1.25. The van der Waals surface area contributed by atoms with E-state index in [9.17, 15) is 4.79 Å². The van der Waals surface area contributed by atoms with Crippen molar-refractivity contribution < 1.29 is 4.79 Å². The van der Waals surface area contributed by atoms with Gasteiger partial charge >= 0.3 is 0 Å². The lowest BCUT2D eigenvalue weighted by molar-refractivity contribution is 0.0991. The molecule has 0 spiro atoms. The fraction of sp³-hybridized carbons (Fsp3) is 0. The summed E-state index contributed by atoms with van der Waals surface area (Å²) in [6.07, 6.45) is 1.59. The van der Waals surface area contributed by atoms with E-state index in [2.05, 4.69) is 25.9 Å². The average molecular weight is 266 g/mol. The molecule has 0 fully saturated rings. The monoisotopic (exact) mass is 265 g/mol. The van der Waals surface area contributed by atoms with Crippen molar-refractivity contribution in [2.24, 2.45) is 5.73 Å². The van der Waals surface area contributed by atoms with E-state index in [1.165, 1.54) is 0 Å². The number of imidazole rings is 1. The van der Waals surface area contributed by atoms with Crippen LogP contribution >= 0.6 is 15.9 Å². The summed E-state index contributed by atoms with van der Waals surface area (Å²) in [7, 11) is 0. The molecule has 1 heterocycles. The Kier molecular flexibility index (Phi) is 2.55. The molecule has 4 nitrogen and oxygen atoms in total. The summed E-state index contributed by atoms with van der Waals surface area (Å²) in [5.41, 5.74) is 6.81. The summed E-state index contributed by atoms with van der Waals surface area (Å²) < 4.78 is 0.968. The smallest absolute Gasteiger partial charge is 0.284 e. The zero-order valence-electron chi connectivity index (χ0n) is 7.70. The number of carbonyl (C=O) groups excluding carboxylic acids is 1. The van der Waals surface area contributed by atoms with Crippen LogP contribution < -0.4 is 5.73 Å². The Morgan fingerprint density at radius 2 is 2.27 bits per heavy atom. The van der Waals surface area contributed by atoms with Gasteiger partial charge in [-0.3, -0.25) is 4.79 Å². The van der Waals surface area contributed by atoms with Gasteiger partial charge in [0.15, 0.2) is 5.82 Å². The van der Waals surface area contributed by atoms with Gasteiger partial charge in [0, 0.05) is 10.0 Å². The summed E-state index contributed by atoms with van der Waals surface area (Å²) in [5.74, 6) is -0.388. The number of hydrogen-bond donors (Lipinski definition) is 2. The molecule has 1 aromatic carbocycles. The number of H-pyrrole nitrogens is 1. The van der Waals surface area contributed by atoms with Crippen LogP contribution in [0.2, 0.25) is 0 Å². The maximum Gasteiger partial charge on any atom is 0.284 e. The van der Waals surface area contributed by atoms with Gasteiger partial charge in [-0.25, -0.2) is 4.98 Å². The highest BCUT2D eigenvalue weighted by Crippen LogP contribution is 2.20. The SMILES string of the molecule is NC(=O)c1ncc(-c2cccc(Br)c2)[nH]1. The third kappa shape index (κ3) is 2.07. The number of amides is 1. The standard InChI is InChI=1S/C10H8BrN3O/c11-7-3-1-2-6(4-7)8-5-13-10(14-8)9(12)15/h1-5H,(H2,12,15)(H,13,14). The number of hydrogen-bond acceptors (Lipinski definition) is 2. The zero-order chi connectivity index (χ0) is 10.8. The Morgan fingerprint density at radius 1 is 1.47 bits per heavy atom. The van der Waals surface area contributed by atoms with Gasteiger partial charge in [-0.15, -0.1) is 0 Å². The van der Waals surface area contributed by atoms with Crippen molar-refractivity contribution in [3.05, 3.63) is 40.8 Å². The number of nitrogens with two attached hydrogens (primary N) is 1. The maximum atomic E-state index is 10.8. The van der Waals surface area contributed by atoms with Crippen LogP contribution in [0.3, 0.4) is 0 Å². The Balaban J connectivity index is 2.41. The minimum atomic E-state index is -0.559. The molecule has 0 aliphatic heterocycles. The maximum absolute atomic E-state index is 10.8. The molecule has 76 valence electrons. The van der Waals surface area contributed by atoms with Gasteiger partial charge in [-0.1, -0.05) is 28.1 Å². The molecule has 0 saturated heterocycles. The van der Waals surface area contributed by atoms with Crippen LogP contribution in [0.15, 0.2) is 34.9 Å². The first-order valence-electron chi connectivity index (χ1n) is 4.27. The normalized spacial score (nSPS) is 10.2. The number of rotatable bonds is 2. The molecule has 0 radical (unpaired) electrons. The molecular formula is C10H8BrN3O. The van der Waals surface area contributed by atoms with Gasteiger partial charge in [0.25, 0.3) is 5.91 Å². The lowest BCUT2D eigenvalue weighted by Gasteiger charge is -1.97. The largest absolute Gasteiger partial charge is 0.363 e. The topological polar surface area (TPSA) is 71.8 Å². The highest BCUT2D eigenvalue weighted by molar-refractivity contribution is 9.10. The van der Waals surface area contributed by atoms with Crippen LogP contribution in [0.5, 0.6) is 0 Å². The summed E-state index contributed by atoms with van der Waals surface area (Å²) in [4.78, 5) is 17.6. The molecule has 0 atom stereocenters. The van der Waals surface area contributed by atoms with Crippen LogP contribution in [-0.4, -0.2) is 15.9 Å². The summed E-state index contributed by atoms with van der Waals surface area (Å²) in [6, 6.07) is 7.68. The minimum absolute atomic E-state index is 0.171. The molecule has 2 rings (SSSR count). The van der Waals surface area contributed by atoms with Crippen LogP contribution in [-0.2, 0) is 0 Å². The summed E-state index contributed by atoms with van der Waals surface area (Å²) in [6.45, 7) is 0. The number of nitrogens with zero attached hydrogens (tertiary/aromatic N) is 1. The van der Waals surface area contributed by atoms with Gasteiger partial charge in [0.05, 0.1) is 11.9 Å². The number of primary amides is 1.